The molecule has 30 heavy (non-hydrogen) atoms. The van der Waals surface area contributed by atoms with Crippen LogP contribution in [0.1, 0.15) is 0 Å². The maximum atomic E-state index is 12.0. The van der Waals surface area contributed by atoms with Crippen LogP contribution in [0.4, 0.5) is 4.79 Å². The molecule has 2 saturated heterocycles. The molecule has 3 heterocycles. The third kappa shape index (κ3) is 4.40. The Morgan fingerprint density at radius 2 is 2.03 bits per heavy atom. The van der Waals surface area contributed by atoms with Crippen molar-refractivity contribution in [3.63, 3.8) is 0 Å². The first-order chi connectivity index (χ1) is 14.2. The van der Waals surface area contributed by atoms with Crippen molar-refractivity contribution in [2.45, 2.75) is 42.8 Å². The highest BCUT2D eigenvalue weighted by atomic mass is 16.6. The molecule has 12 N–H and O–H groups in total. The van der Waals surface area contributed by atoms with E-state index in [9.17, 15) is 29.7 Å². The monoisotopic (exact) mass is 431 g/mol. The summed E-state index contributed by atoms with van der Waals surface area (Å²) in [5.74, 6) is -1.17. The second kappa shape index (κ2) is 8.99. The van der Waals surface area contributed by atoms with Crippen LogP contribution < -0.4 is 38.1 Å². The van der Waals surface area contributed by atoms with Crippen LogP contribution in [0.3, 0.4) is 0 Å². The number of rotatable bonds is 6. The van der Waals surface area contributed by atoms with Crippen LogP contribution in [-0.4, -0.2) is 95.7 Å². The van der Waals surface area contributed by atoms with Gasteiger partial charge in [0.05, 0.1) is 25.3 Å². The van der Waals surface area contributed by atoms with Crippen LogP contribution >= 0.6 is 0 Å². The zero-order chi connectivity index (χ0) is 22.0. The van der Waals surface area contributed by atoms with E-state index in [1.807, 2.05) is 0 Å². The number of nitrogens with two attached hydrogens (primary N) is 2. The number of piperidine rings is 1. The molecule has 0 radical (unpaired) electrons. The summed E-state index contributed by atoms with van der Waals surface area (Å²) in [5, 5.41) is 43.9. The van der Waals surface area contributed by atoms with Crippen molar-refractivity contribution in [2.24, 2.45) is 11.5 Å². The van der Waals surface area contributed by atoms with Crippen LogP contribution in [0.25, 0.3) is 0 Å². The van der Waals surface area contributed by atoms with Gasteiger partial charge in [0.2, 0.25) is 17.7 Å². The van der Waals surface area contributed by atoms with Crippen LogP contribution in [0.2, 0.25) is 0 Å². The smallest absolute Gasteiger partial charge is 0.405 e. The van der Waals surface area contributed by atoms with Crippen LogP contribution in [0.5, 0.6) is 0 Å². The highest BCUT2D eigenvalue weighted by molar-refractivity contribution is 5.84. The van der Waals surface area contributed by atoms with Crippen molar-refractivity contribution < 1.29 is 39.2 Å². The average Bonchev–Trinajstić information content (AvgIpc) is 3.14. The van der Waals surface area contributed by atoms with E-state index in [0.29, 0.717) is 0 Å². The largest absolute Gasteiger partial charge is 0.468 e. The maximum Gasteiger partial charge on any atom is 0.405 e. The number of aliphatic hydroxyl groups excluding tert-OH is 3. The lowest BCUT2D eigenvalue weighted by Gasteiger charge is -2.37. The second-order valence-electron chi connectivity index (χ2n) is 6.91. The van der Waals surface area contributed by atoms with Gasteiger partial charge in [0.15, 0.2) is 12.2 Å². The standard InChI is InChI=1S/C15H25N7O8/c16-1-6(25)19-9-10(26)11(30-14(17)28)5(3-23)29-13(9)22-15-20-7-4(24)2-18-12(27)8(7)21-15/h4-5,7-8,10-11,15,20-24,26H,1-3,16H2,(H2,17,28)(H,18,27)(H,19,25)/t4-,5-,7-,8+,10+,11+,15?/m1/s1. The van der Waals surface area contributed by atoms with E-state index in [1.54, 1.807) is 0 Å². The molecule has 3 amide bonds. The fraction of sp³-hybridized carbons (Fsp3) is 0.667. The molecule has 2 fully saturated rings. The van der Waals surface area contributed by atoms with E-state index in [4.69, 9.17) is 20.9 Å². The minimum atomic E-state index is -1.63. The van der Waals surface area contributed by atoms with E-state index in [-0.39, 0.29) is 24.0 Å². The Kier molecular flexibility index (Phi) is 6.59. The summed E-state index contributed by atoms with van der Waals surface area (Å²) >= 11 is 0. The van der Waals surface area contributed by atoms with Crippen molar-refractivity contribution >= 4 is 17.9 Å². The Balaban J connectivity index is 1.84. The van der Waals surface area contributed by atoms with Crippen LogP contribution in [0.15, 0.2) is 11.6 Å². The van der Waals surface area contributed by atoms with Gasteiger partial charge in [-0.3, -0.25) is 20.2 Å². The van der Waals surface area contributed by atoms with Crippen LogP contribution in [0, 0.1) is 0 Å². The molecule has 0 spiro atoms. The normalized spacial score (nSPS) is 35.7. The number of amides is 3. The number of fused-ring (bicyclic) bond motifs is 1. The first-order valence-corrected chi connectivity index (χ1v) is 9.15. The SMILES string of the molecule is NCC(=O)NC1=C(NC2N[C@@H]3[C@H](O)CNC(=O)[C@H]3N2)O[C@H](CO)[C@H](OC(N)=O)[C@H]1O. The van der Waals surface area contributed by atoms with Gasteiger partial charge in [0, 0.05) is 6.54 Å². The first-order valence-electron chi connectivity index (χ1n) is 9.15. The molecule has 0 aromatic rings. The Bertz CT molecular complexity index is 734. The average molecular weight is 431 g/mol. The van der Waals surface area contributed by atoms with E-state index in [2.05, 4.69) is 26.6 Å². The summed E-state index contributed by atoms with van der Waals surface area (Å²) < 4.78 is 10.4. The molecule has 7 atom stereocenters. The van der Waals surface area contributed by atoms with Gasteiger partial charge in [-0.25, -0.2) is 4.79 Å². The molecular formula is C15H25N7O8. The van der Waals surface area contributed by atoms with Crippen molar-refractivity contribution in [1.29, 1.82) is 0 Å². The van der Waals surface area contributed by atoms with E-state index < -0.39 is 67.9 Å². The van der Waals surface area contributed by atoms with Gasteiger partial charge in [0.25, 0.3) is 0 Å². The summed E-state index contributed by atoms with van der Waals surface area (Å²) in [4.78, 5) is 35.0. The molecule has 0 aromatic heterocycles. The lowest BCUT2D eigenvalue weighted by Crippen LogP contribution is -2.60. The van der Waals surface area contributed by atoms with Crippen molar-refractivity contribution in [1.82, 2.24) is 26.6 Å². The van der Waals surface area contributed by atoms with Gasteiger partial charge in [-0.05, 0) is 0 Å². The van der Waals surface area contributed by atoms with Gasteiger partial charge in [0.1, 0.15) is 24.1 Å². The second-order valence-corrected chi connectivity index (χ2v) is 6.91. The zero-order valence-corrected chi connectivity index (χ0v) is 15.7. The van der Waals surface area contributed by atoms with Gasteiger partial charge in [-0.2, -0.15) is 0 Å². The molecule has 0 aromatic carbocycles. The van der Waals surface area contributed by atoms with Gasteiger partial charge in [-0.1, -0.05) is 0 Å². The molecule has 3 aliphatic rings. The van der Waals surface area contributed by atoms with Gasteiger partial charge in [-0.15, -0.1) is 0 Å². The lowest BCUT2D eigenvalue weighted by molar-refractivity contribution is -0.126. The molecule has 0 bridgehead atoms. The fourth-order valence-corrected chi connectivity index (χ4v) is 3.49. The molecule has 15 nitrogen and oxygen atoms in total. The van der Waals surface area contributed by atoms with E-state index in [0.717, 1.165) is 0 Å². The zero-order valence-electron chi connectivity index (χ0n) is 15.7. The topological polar surface area (TPSA) is 243 Å². The van der Waals surface area contributed by atoms with Crippen LogP contribution in [-0.2, 0) is 19.1 Å². The Morgan fingerprint density at radius 3 is 2.63 bits per heavy atom. The minimum absolute atomic E-state index is 0.0792. The maximum absolute atomic E-state index is 12.0. The number of carbonyl (C=O) groups excluding carboxylic acids is 3. The predicted octanol–water partition coefficient (Wildman–Crippen LogP) is -6.26. The molecule has 1 unspecified atom stereocenters. The van der Waals surface area contributed by atoms with Crippen molar-refractivity contribution in [3.8, 4) is 0 Å². The van der Waals surface area contributed by atoms with Gasteiger partial charge >= 0.3 is 6.09 Å². The molecule has 0 saturated carbocycles. The summed E-state index contributed by atoms with van der Waals surface area (Å²) in [6.07, 6.45) is -7.15. The number of aliphatic hydroxyl groups is 3. The Labute approximate surface area is 170 Å². The Morgan fingerprint density at radius 1 is 1.30 bits per heavy atom. The quantitative estimate of drug-likeness (QED) is 0.189. The van der Waals surface area contributed by atoms with E-state index in [1.165, 1.54) is 0 Å². The lowest BCUT2D eigenvalue weighted by atomic mass is 9.99. The number of nitrogens with one attached hydrogen (secondary N) is 5. The molecule has 3 rings (SSSR count). The first kappa shape index (κ1) is 22.0. The number of β-amino-alcohol motifs (C(OH)–C–C–N with tert-alkyl or cyclic N) is 1. The molecule has 3 aliphatic heterocycles. The number of hydrogen-bond acceptors (Lipinski definition) is 12. The summed E-state index contributed by atoms with van der Waals surface area (Å²) in [6, 6.07) is -1.35. The van der Waals surface area contributed by atoms with E-state index >= 15 is 0 Å². The summed E-state index contributed by atoms with van der Waals surface area (Å²) in [6.45, 7) is -0.989. The molecular weight excluding hydrogens is 406 g/mol. The summed E-state index contributed by atoms with van der Waals surface area (Å²) in [7, 11) is 0. The third-order valence-electron chi connectivity index (χ3n) is 4.90. The highest BCUT2D eigenvalue weighted by Crippen LogP contribution is 2.25. The highest BCUT2D eigenvalue weighted by Gasteiger charge is 2.47. The molecule has 15 heteroatoms. The summed E-state index contributed by atoms with van der Waals surface area (Å²) in [5.41, 5.74) is 10.1. The van der Waals surface area contributed by atoms with Gasteiger partial charge < -0.3 is 52.2 Å². The number of carbonyl (C=O) groups is 3. The number of primary amides is 1. The third-order valence-corrected chi connectivity index (χ3v) is 4.90. The predicted molar refractivity (Wildman–Crippen MR) is 96.4 cm³/mol. The van der Waals surface area contributed by atoms with Crippen molar-refractivity contribution in [2.75, 3.05) is 19.7 Å². The molecule has 0 aliphatic carbocycles. The molecule has 168 valence electrons. The number of hydrogen-bond donors (Lipinski definition) is 10. The van der Waals surface area contributed by atoms with Crippen molar-refractivity contribution in [3.05, 3.63) is 11.6 Å². The Hall–Kier alpha value is -2.69. The minimum Gasteiger partial charge on any atom is -0.468 e. The number of ether oxygens (including phenoxy) is 2. The fourth-order valence-electron chi connectivity index (χ4n) is 3.49.